The molecule has 0 saturated heterocycles. The second-order valence-electron chi connectivity index (χ2n) is 7.29. The molecule has 1 aromatic carbocycles. The zero-order chi connectivity index (χ0) is 23.4. The number of rotatable bonds is 6. The Hall–Kier alpha value is -4.54. The van der Waals surface area contributed by atoms with Crippen molar-refractivity contribution in [3.8, 4) is 11.5 Å². The highest BCUT2D eigenvalue weighted by molar-refractivity contribution is 6.07. The molecule has 11 heteroatoms. The van der Waals surface area contributed by atoms with Gasteiger partial charge in [-0.3, -0.25) is 9.59 Å². The number of hydrogen-bond donors (Lipinski definition) is 2. The molecule has 0 aliphatic carbocycles. The molecule has 0 bridgehead atoms. The molecular weight excluding hydrogens is 427 g/mol. The Morgan fingerprint density at radius 1 is 1.03 bits per heavy atom. The summed E-state index contributed by atoms with van der Waals surface area (Å²) in [5.41, 5.74) is 0.713. The molecule has 2 amide bonds. The summed E-state index contributed by atoms with van der Waals surface area (Å²) >= 11 is 0. The lowest BCUT2D eigenvalue weighted by atomic mass is 10.1. The van der Waals surface area contributed by atoms with Crippen molar-refractivity contribution in [1.29, 1.82) is 0 Å². The third kappa shape index (κ3) is 4.87. The summed E-state index contributed by atoms with van der Waals surface area (Å²) in [4.78, 5) is 37.0. The van der Waals surface area contributed by atoms with E-state index in [0.717, 1.165) is 6.07 Å². The molecule has 33 heavy (non-hydrogen) atoms. The van der Waals surface area contributed by atoms with E-state index in [0.29, 0.717) is 11.5 Å². The van der Waals surface area contributed by atoms with Crippen LogP contribution in [0.2, 0.25) is 0 Å². The van der Waals surface area contributed by atoms with Gasteiger partial charge in [0, 0.05) is 24.1 Å². The van der Waals surface area contributed by atoms with E-state index in [2.05, 4.69) is 35.8 Å². The number of carbonyl (C=O) groups is 2. The zero-order valence-electron chi connectivity index (χ0n) is 17.7. The first kappa shape index (κ1) is 21.7. The number of benzene rings is 1. The van der Waals surface area contributed by atoms with E-state index in [1.54, 1.807) is 24.5 Å². The van der Waals surface area contributed by atoms with E-state index in [4.69, 9.17) is 0 Å². The van der Waals surface area contributed by atoms with Crippen molar-refractivity contribution < 1.29 is 14.0 Å². The number of nitrogens with zero attached hydrogens (tertiary/aromatic N) is 6. The van der Waals surface area contributed by atoms with Crippen LogP contribution in [0.25, 0.3) is 11.5 Å². The van der Waals surface area contributed by atoms with Crippen molar-refractivity contribution >= 4 is 23.3 Å². The fraction of sp³-hybridized carbons (Fsp3) is 0.136. The van der Waals surface area contributed by atoms with Crippen LogP contribution in [0.1, 0.15) is 40.6 Å². The van der Waals surface area contributed by atoms with Gasteiger partial charge in [0.1, 0.15) is 30.0 Å². The van der Waals surface area contributed by atoms with E-state index in [-0.39, 0.29) is 28.7 Å². The zero-order valence-corrected chi connectivity index (χ0v) is 17.7. The minimum atomic E-state index is -0.746. The summed E-state index contributed by atoms with van der Waals surface area (Å²) in [5, 5.41) is 13.2. The fourth-order valence-electron chi connectivity index (χ4n) is 3.01. The van der Waals surface area contributed by atoms with Gasteiger partial charge in [-0.05, 0) is 44.2 Å². The monoisotopic (exact) mass is 446 g/mol. The van der Waals surface area contributed by atoms with Crippen LogP contribution in [0.4, 0.5) is 15.9 Å². The maximum absolute atomic E-state index is 14.4. The Balaban J connectivity index is 1.54. The van der Waals surface area contributed by atoms with Gasteiger partial charge in [0.15, 0.2) is 5.82 Å². The predicted octanol–water partition coefficient (Wildman–Crippen LogP) is 3.35. The van der Waals surface area contributed by atoms with Crippen molar-refractivity contribution in [2.75, 3.05) is 10.6 Å². The van der Waals surface area contributed by atoms with Crippen molar-refractivity contribution in [3.63, 3.8) is 0 Å². The van der Waals surface area contributed by atoms with Gasteiger partial charge in [-0.1, -0.05) is 6.07 Å². The Bertz CT molecular complexity index is 1310. The molecule has 0 aliphatic heterocycles. The van der Waals surface area contributed by atoms with E-state index in [1.807, 2.05) is 18.4 Å². The normalized spacial score (nSPS) is 10.8. The molecule has 0 saturated carbocycles. The number of aromatic nitrogens is 6. The van der Waals surface area contributed by atoms with Crippen molar-refractivity contribution in [2.24, 2.45) is 0 Å². The summed E-state index contributed by atoms with van der Waals surface area (Å²) in [5.74, 6) is -1.20. The Morgan fingerprint density at radius 2 is 1.82 bits per heavy atom. The van der Waals surface area contributed by atoms with Gasteiger partial charge < -0.3 is 15.2 Å². The smallest absolute Gasteiger partial charge is 0.259 e. The number of hydrogen-bond acceptors (Lipinski definition) is 7. The predicted molar refractivity (Wildman–Crippen MR) is 118 cm³/mol. The number of anilines is 2. The highest BCUT2D eigenvalue weighted by atomic mass is 19.1. The summed E-state index contributed by atoms with van der Waals surface area (Å²) in [6.07, 6.45) is 5.59. The average molecular weight is 446 g/mol. The minimum Gasteiger partial charge on any atom is -0.322 e. The molecule has 0 spiro atoms. The molecular formula is C22H19FN8O2. The topological polar surface area (TPSA) is 128 Å². The van der Waals surface area contributed by atoms with Crippen LogP contribution in [0, 0.1) is 5.82 Å². The van der Waals surface area contributed by atoms with Gasteiger partial charge in [0.05, 0.1) is 11.1 Å². The van der Waals surface area contributed by atoms with Gasteiger partial charge in [-0.15, -0.1) is 10.2 Å². The molecule has 0 atom stereocenters. The van der Waals surface area contributed by atoms with E-state index < -0.39 is 17.6 Å². The molecule has 3 heterocycles. The van der Waals surface area contributed by atoms with Gasteiger partial charge in [0.25, 0.3) is 11.8 Å². The van der Waals surface area contributed by atoms with Crippen LogP contribution in [0.3, 0.4) is 0 Å². The number of carbonyl (C=O) groups excluding carboxylic acids is 2. The summed E-state index contributed by atoms with van der Waals surface area (Å²) in [7, 11) is 0. The van der Waals surface area contributed by atoms with Gasteiger partial charge in [-0.25, -0.2) is 19.3 Å². The quantitative estimate of drug-likeness (QED) is 0.465. The Labute approximate surface area is 188 Å². The SMILES string of the molecule is CC(C)n1cnnc1-c1cccc(NC(=O)c2cc(NC(=O)c3cncnc3)ccc2F)n1. The molecule has 4 aromatic rings. The molecule has 0 unspecified atom stereocenters. The standard InChI is InChI=1S/C22H19FN8O2/c1-13(2)31-12-26-30-20(31)18-4-3-5-19(28-18)29-22(33)16-8-15(6-7-17(16)23)27-21(32)14-9-24-11-25-10-14/h3-13H,1-2H3,(H,27,32)(H,28,29,33). The molecule has 3 aromatic heterocycles. The second-order valence-corrected chi connectivity index (χ2v) is 7.29. The summed E-state index contributed by atoms with van der Waals surface area (Å²) in [6.45, 7) is 3.97. The van der Waals surface area contributed by atoms with Crippen molar-refractivity contribution in [3.05, 3.63) is 78.4 Å². The molecule has 2 N–H and O–H groups in total. The van der Waals surface area contributed by atoms with Crippen LogP contribution in [-0.4, -0.2) is 41.5 Å². The molecule has 166 valence electrons. The van der Waals surface area contributed by atoms with E-state index in [9.17, 15) is 14.0 Å². The van der Waals surface area contributed by atoms with Crippen LogP contribution >= 0.6 is 0 Å². The number of pyridine rings is 1. The highest BCUT2D eigenvalue weighted by Crippen LogP contribution is 2.21. The van der Waals surface area contributed by atoms with Gasteiger partial charge >= 0.3 is 0 Å². The number of amides is 2. The lowest BCUT2D eigenvalue weighted by Gasteiger charge is -2.11. The second kappa shape index (κ2) is 9.30. The highest BCUT2D eigenvalue weighted by Gasteiger charge is 2.17. The van der Waals surface area contributed by atoms with E-state index in [1.165, 1.54) is 30.9 Å². The Kier molecular flexibility index (Phi) is 6.11. The molecule has 0 aliphatic rings. The van der Waals surface area contributed by atoms with E-state index >= 15 is 0 Å². The van der Waals surface area contributed by atoms with Crippen molar-refractivity contribution in [1.82, 2.24) is 29.7 Å². The number of nitrogens with one attached hydrogen (secondary N) is 2. The Morgan fingerprint density at radius 3 is 2.58 bits per heavy atom. The lowest BCUT2D eigenvalue weighted by Crippen LogP contribution is -2.17. The van der Waals surface area contributed by atoms with Crippen LogP contribution in [0.15, 0.2) is 61.4 Å². The first-order chi connectivity index (χ1) is 15.9. The molecule has 4 rings (SSSR count). The third-order valence-electron chi connectivity index (χ3n) is 4.64. The fourth-order valence-corrected chi connectivity index (χ4v) is 3.01. The summed E-state index contributed by atoms with van der Waals surface area (Å²) < 4.78 is 16.2. The minimum absolute atomic E-state index is 0.115. The number of halogens is 1. The lowest BCUT2D eigenvalue weighted by molar-refractivity contribution is 0.101. The molecule has 0 radical (unpaired) electrons. The molecule has 10 nitrogen and oxygen atoms in total. The maximum Gasteiger partial charge on any atom is 0.259 e. The van der Waals surface area contributed by atoms with Crippen LogP contribution in [-0.2, 0) is 0 Å². The third-order valence-corrected chi connectivity index (χ3v) is 4.64. The first-order valence-corrected chi connectivity index (χ1v) is 9.96. The van der Waals surface area contributed by atoms with Crippen molar-refractivity contribution in [2.45, 2.75) is 19.9 Å². The molecule has 0 fully saturated rings. The van der Waals surface area contributed by atoms with Gasteiger partial charge in [0.2, 0.25) is 0 Å². The van der Waals surface area contributed by atoms with Crippen LogP contribution < -0.4 is 10.6 Å². The van der Waals surface area contributed by atoms with Crippen LogP contribution in [0.5, 0.6) is 0 Å². The van der Waals surface area contributed by atoms with Gasteiger partial charge in [-0.2, -0.15) is 0 Å². The largest absolute Gasteiger partial charge is 0.322 e. The maximum atomic E-state index is 14.4. The first-order valence-electron chi connectivity index (χ1n) is 9.96. The summed E-state index contributed by atoms with van der Waals surface area (Å²) in [6, 6.07) is 8.83. The average Bonchev–Trinajstić information content (AvgIpc) is 3.31.